The summed E-state index contributed by atoms with van der Waals surface area (Å²) in [5.74, 6) is 0.442. The summed E-state index contributed by atoms with van der Waals surface area (Å²) in [5, 5.41) is 7.38. The first-order valence-electron chi connectivity index (χ1n) is 13.7. The van der Waals surface area contributed by atoms with Crippen LogP contribution in [0.15, 0.2) is 48.5 Å². The monoisotopic (exact) mass is 550 g/mol. The van der Waals surface area contributed by atoms with Crippen LogP contribution in [0.2, 0.25) is 0 Å². The average Bonchev–Trinajstić information content (AvgIpc) is 3.32. The third-order valence-electron chi connectivity index (χ3n) is 6.76. The number of rotatable bonds is 11. The Balaban J connectivity index is 1.59. The summed E-state index contributed by atoms with van der Waals surface area (Å²) in [6, 6.07) is 16.0. The van der Waals surface area contributed by atoms with Gasteiger partial charge in [0, 0.05) is 36.7 Å². The van der Waals surface area contributed by atoms with E-state index in [-0.39, 0.29) is 12.0 Å². The van der Waals surface area contributed by atoms with Gasteiger partial charge in [0.1, 0.15) is 10.8 Å². The van der Waals surface area contributed by atoms with Crippen molar-refractivity contribution in [3.05, 3.63) is 70.1 Å². The van der Waals surface area contributed by atoms with Crippen molar-refractivity contribution in [2.75, 3.05) is 48.4 Å². The Morgan fingerprint density at radius 1 is 1.00 bits per heavy atom. The molecule has 0 saturated carbocycles. The van der Waals surface area contributed by atoms with Gasteiger partial charge in [-0.1, -0.05) is 24.3 Å². The Labute approximate surface area is 234 Å². The average molecular weight is 551 g/mol. The zero-order chi connectivity index (χ0) is 27.8. The van der Waals surface area contributed by atoms with E-state index in [1.165, 1.54) is 17.0 Å². The molecule has 2 aromatic carbocycles. The third kappa shape index (κ3) is 6.65. The molecule has 1 aromatic heterocycles. The summed E-state index contributed by atoms with van der Waals surface area (Å²) < 4.78 is 10.9. The quantitative estimate of drug-likeness (QED) is 0.289. The standard InChI is InChI=1S/C30H38N4O4S/c1-5-33(6-2)22-15-13-21(14-16-22)19-31-29-27(28(35)32-24-11-9-10-12-25(24)37-7-3)23-17-18-34(20-26(23)39-29)30(36)38-8-4/h9-16,31H,5-8,17-20H2,1-4H3,(H,32,35). The second-order valence-corrected chi connectivity index (χ2v) is 10.3. The molecule has 2 N–H and O–H groups in total. The smallest absolute Gasteiger partial charge is 0.410 e. The van der Waals surface area contributed by atoms with Crippen molar-refractivity contribution in [2.45, 2.75) is 47.2 Å². The molecule has 2 amide bonds. The lowest BCUT2D eigenvalue weighted by Crippen LogP contribution is -2.36. The number of amides is 2. The van der Waals surface area contributed by atoms with Crippen LogP contribution >= 0.6 is 11.3 Å². The summed E-state index contributed by atoms with van der Waals surface area (Å²) in [4.78, 5) is 31.1. The number of nitrogens with one attached hydrogen (secondary N) is 2. The van der Waals surface area contributed by atoms with E-state index in [0.29, 0.717) is 56.3 Å². The van der Waals surface area contributed by atoms with Crippen molar-refractivity contribution in [3.63, 3.8) is 0 Å². The minimum absolute atomic E-state index is 0.191. The number of carbonyl (C=O) groups excluding carboxylic acids is 2. The fraction of sp³-hybridized carbons (Fsp3) is 0.400. The fourth-order valence-electron chi connectivity index (χ4n) is 4.77. The van der Waals surface area contributed by atoms with Crippen molar-refractivity contribution in [1.82, 2.24) is 4.90 Å². The molecule has 0 unspecified atom stereocenters. The molecule has 0 saturated heterocycles. The van der Waals surface area contributed by atoms with Crippen molar-refractivity contribution < 1.29 is 19.1 Å². The van der Waals surface area contributed by atoms with Gasteiger partial charge in [-0.25, -0.2) is 4.79 Å². The number of thiophene rings is 1. The maximum absolute atomic E-state index is 13.7. The van der Waals surface area contributed by atoms with E-state index >= 15 is 0 Å². The van der Waals surface area contributed by atoms with Gasteiger partial charge in [-0.05, 0) is 69.5 Å². The van der Waals surface area contributed by atoms with E-state index in [2.05, 4.69) is 53.6 Å². The molecule has 0 bridgehead atoms. The highest BCUT2D eigenvalue weighted by Crippen LogP contribution is 2.38. The highest BCUT2D eigenvalue weighted by molar-refractivity contribution is 7.16. The Kier molecular flexibility index (Phi) is 9.70. The van der Waals surface area contributed by atoms with Crippen molar-refractivity contribution in [2.24, 2.45) is 0 Å². The van der Waals surface area contributed by atoms with Crippen LogP contribution in [-0.4, -0.2) is 49.7 Å². The van der Waals surface area contributed by atoms with Crippen LogP contribution in [0.4, 0.5) is 21.2 Å². The molecule has 1 aliphatic rings. The lowest BCUT2D eigenvalue weighted by Gasteiger charge is -2.26. The number of benzene rings is 2. The first kappa shape index (κ1) is 28.3. The van der Waals surface area contributed by atoms with E-state index in [0.717, 1.165) is 34.1 Å². The minimum atomic E-state index is -0.323. The van der Waals surface area contributed by atoms with Crippen LogP contribution in [0.5, 0.6) is 5.75 Å². The van der Waals surface area contributed by atoms with Crippen molar-refractivity contribution >= 4 is 39.7 Å². The van der Waals surface area contributed by atoms with E-state index in [1.807, 2.05) is 31.2 Å². The summed E-state index contributed by atoms with van der Waals surface area (Å²) in [7, 11) is 0. The number of ether oxygens (including phenoxy) is 2. The maximum atomic E-state index is 13.7. The molecule has 0 aliphatic carbocycles. The van der Waals surface area contributed by atoms with E-state index in [1.54, 1.807) is 11.8 Å². The molecule has 208 valence electrons. The lowest BCUT2D eigenvalue weighted by atomic mass is 10.0. The van der Waals surface area contributed by atoms with Gasteiger partial charge in [0.2, 0.25) is 0 Å². The summed E-state index contributed by atoms with van der Waals surface area (Å²) in [6.07, 6.45) is 0.261. The second kappa shape index (κ2) is 13.4. The molecular formula is C30H38N4O4S. The molecule has 8 nitrogen and oxygen atoms in total. The first-order chi connectivity index (χ1) is 19.0. The van der Waals surface area contributed by atoms with E-state index < -0.39 is 0 Å². The number of anilines is 3. The predicted octanol–water partition coefficient (Wildman–Crippen LogP) is 6.37. The van der Waals surface area contributed by atoms with Gasteiger partial charge in [0.05, 0.1) is 31.0 Å². The Hall–Kier alpha value is -3.72. The minimum Gasteiger partial charge on any atom is -0.492 e. The highest BCUT2D eigenvalue weighted by atomic mass is 32.1. The molecule has 39 heavy (non-hydrogen) atoms. The number of carbonyl (C=O) groups is 2. The zero-order valence-electron chi connectivity index (χ0n) is 23.2. The summed E-state index contributed by atoms with van der Waals surface area (Å²) in [5.41, 5.74) is 4.56. The van der Waals surface area contributed by atoms with Crippen molar-refractivity contribution in [1.29, 1.82) is 0 Å². The first-order valence-corrected chi connectivity index (χ1v) is 14.5. The maximum Gasteiger partial charge on any atom is 0.410 e. The number of nitrogens with zero attached hydrogens (tertiary/aromatic N) is 2. The molecule has 1 aliphatic heterocycles. The molecule has 2 heterocycles. The normalized spacial score (nSPS) is 12.5. The zero-order valence-corrected chi connectivity index (χ0v) is 24.0. The molecule has 3 aromatic rings. The van der Waals surface area contributed by atoms with Crippen LogP contribution in [0.3, 0.4) is 0 Å². The number of para-hydroxylation sites is 2. The van der Waals surface area contributed by atoms with Crippen LogP contribution < -0.4 is 20.3 Å². The predicted molar refractivity (Wildman–Crippen MR) is 158 cm³/mol. The molecule has 0 spiro atoms. The lowest BCUT2D eigenvalue weighted by molar-refractivity contribution is 0.102. The van der Waals surface area contributed by atoms with Gasteiger partial charge < -0.3 is 29.9 Å². The highest BCUT2D eigenvalue weighted by Gasteiger charge is 2.30. The van der Waals surface area contributed by atoms with Crippen LogP contribution in [0.1, 0.15) is 54.1 Å². The Bertz CT molecular complexity index is 1270. The molecule has 0 atom stereocenters. The van der Waals surface area contributed by atoms with Gasteiger partial charge >= 0.3 is 6.09 Å². The molecule has 4 rings (SSSR count). The SMILES string of the molecule is CCOC(=O)N1CCc2c(sc(NCc3ccc(N(CC)CC)cc3)c2C(=O)Nc2ccccc2OCC)C1. The second-order valence-electron chi connectivity index (χ2n) is 9.15. The molecule has 0 radical (unpaired) electrons. The Morgan fingerprint density at radius 3 is 2.44 bits per heavy atom. The molecule has 9 heteroatoms. The van der Waals surface area contributed by atoms with Gasteiger partial charge in [-0.3, -0.25) is 4.79 Å². The van der Waals surface area contributed by atoms with Crippen molar-refractivity contribution in [3.8, 4) is 5.75 Å². The van der Waals surface area contributed by atoms with Gasteiger partial charge in [0.25, 0.3) is 5.91 Å². The number of fused-ring (bicyclic) bond motifs is 1. The van der Waals surface area contributed by atoms with Gasteiger partial charge in [-0.15, -0.1) is 11.3 Å². The van der Waals surface area contributed by atoms with E-state index in [9.17, 15) is 9.59 Å². The third-order valence-corrected chi connectivity index (χ3v) is 7.94. The van der Waals surface area contributed by atoms with Gasteiger partial charge in [0.15, 0.2) is 0 Å². The molecular weight excluding hydrogens is 512 g/mol. The Morgan fingerprint density at radius 2 is 1.74 bits per heavy atom. The summed E-state index contributed by atoms with van der Waals surface area (Å²) in [6.45, 7) is 12.3. The van der Waals surface area contributed by atoms with Crippen LogP contribution in [0.25, 0.3) is 0 Å². The topological polar surface area (TPSA) is 83.1 Å². The largest absolute Gasteiger partial charge is 0.492 e. The van der Waals surface area contributed by atoms with Gasteiger partial charge in [-0.2, -0.15) is 0 Å². The van der Waals surface area contributed by atoms with E-state index in [4.69, 9.17) is 9.47 Å². The van der Waals surface area contributed by atoms with Crippen LogP contribution in [0, 0.1) is 0 Å². The fourth-order valence-corrected chi connectivity index (χ4v) is 6.03. The van der Waals surface area contributed by atoms with Crippen LogP contribution in [-0.2, 0) is 24.2 Å². The summed E-state index contributed by atoms with van der Waals surface area (Å²) >= 11 is 1.53. The number of hydrogen-bond donors (Lipinski definition) is 2. The number of hydrogen-bond acceptors (Lipinski definition) is 7. The molecule has 0 fully saturated rings.